The molecule has 8 heteroatoms. The zero-order chi connectivity index (χ0) is 22.8. The van der Waals surface area contributed by atoms with Crippen LogP contribution < -0.4 is 19.5 Å². The van der Waals surface area contributed by atoms with Crippen molar-refractivity contribution in [2.75, 3.05) is 27.0 Å². The molecule has 3 heterocycles. The van der Waals surface area contributed by atoms with Crippen molar-refractivity contribution in [3.8, 4) is 17.2 Å². The Labute approximate surface area is 191 Å². The molecule has 0 bridgehead atoms. The van der Waals surface area contributed by atoms with Crippen molar-refractivity contribution in [2.45, 2.75) is 12.5 Å². The molecule has 2 aliphatic rings. The highest BCUT2D eigenvalue weighted by Gasteiger charge is 2.42. The molecular formula is C25H24N2O6. The van der Waals surface area contributed by atoms with E-state index in [1.165, 1.54) is 6.26 Å². The molecule has 0 spiro atoms. The Morgan fingerprint density at radius 3 is 2.73 bits per heavy atom. The zero-order valence-electron chi connectivity index (χ0n) is 18.2. The van der Waals surface area contributed by atoms with E-state index >= 15 is 0 Å². The molecule has 5 rings (SSSR count). The average molecular weight is 448 g/mol. The highest BCUT2D eigenvalue weighted by atomic mass is 16.7. The molecule has 0 aliphatic carbocycles. The summed E-state index contributed by atoms with van der Waals surface area (Å²) in [5.74, 6) is 1.32. The molecule has 1 fully saturated rings. The number of rotatable bonds is 6. The number of carbonyl (C=O) groups excluding carboxylic acids is 2. The van der Waals surface area contributed by atoms with E-state index in [1.807, 2.05) is 42.5 Å². The Kier molecular flexibility index (Phi) is 5.64. The lowest BCUT2D eigenvalue weighted by atomic mass is 9.87. The lowest BCUT2D eigenvalue weighted by Crippen LogP contribution is -2.35. The Morgan fingerprint density at radius 1 is 1.06 bits per heavy atom. The first-order valence-electron chi connectivity index (χ1n) is 10.8. The summed E-state index contributed by atoms with van der Waals surface area (Å²) in [6, 6.07) is 16.5. The monoisotopic (exact) mass is 448 g/mol. The van der Waals surface area contributed by atoms with E-state index < -0.39 is 5.92 Å². The van der Waals surface area contributed by atoms with Crippen LogP contribution in [-0.4, -0.2) is 43.7 Å². The third kappa shape index (κ3) is 4.11. The van der Waals surface area contributed by atoms with Crippen LogP contribution in [0.1, 0.15) is 27.6 Å². The van der Waals surface area contributed by atoms with E-state index in [9.17, 15) is 9.59 Å². The molecule has 8 nitrogen and oxygen atoms in total. The quantitative estimate of drug-likeness (QED) is 0.623. The number of methoxy groups -OCH3 is 1. The van der Waals surface area contributed by atoms with Crippen LogP contribution >= 0.6 is 0 Å². The number of amides is 2. The molecule has 0 radical (unpaired) electrons. The fourth-order valence-corrected chi connectivity index (χ4v) is 4.45. The third-order valence-electron chi connectivity index (χ3n) is 6.12. The highest BCUT2D eigenvalue weighted by molar-refractivity contribution is 5.92. The first-order chi connectivity index (χ1) is 16.1. The van der Waals surface area contributed by atoms with Crippen LogP contribution in [0.2, 0.25) is 0 Å². The van der Waals surface area contributed by atoms with Crippen LogP contribution in [0, 0.1) is 5.92 Å². The molecule has 1 N–H and O–H groups in total. The maximum atomic E-state index is 13.3. The van der Waals surface area contributed by atoms with Gasteiger partial charge < -0.3 is 28.8 Å². The molecule has 2 aromatic carbocycles. The second kappa shape index (κ2) is 8.90. The standard InChI is InChI=1S/C25H24N2O6/c1-30-20-6-3-2-5-17(20)18-13-27(25(29)22-7-4-10-31-22)14-19(18)24(28)26-12-16-8-9-21-23(11-16)33-15-32-21/h2-11,18-19H,12-15H2,1H3,(H,26,28)/t18-,19+/m1/s1. The van der Waals surface area contributed by atoms with Crippen LogP contribution in [0.5, 0.6) is 17.2 Å². The fraction of sp³-hybridized carbons (Fsp3) is 0.280. The molecule has 170 valence electrons. The molecule has 0 saturated carbocycles. The highest BCUT2D eigenvalue weighted by Crippen LogP contribution is 2.38. The number of furan rings is 1. The molecule has 0 unspecified atom stereocenters. The lowest BCUT2D eigenvalue weighted by molar-refractivity contribution is -0.125. The fourth-order valence-electron chi connectivity index (χ4n) is 4.45. The predicted octanol–water partition coefficient (Wildman–Crippen LogP) is 3.19. The summed E-state index contributed by atoms with van der Waals surface area (Å²) in [6.07, 6.45) is 1.47. The molecule has 1 saturated heterocycles. The van der Waals surface area contributed by atoms with Gasteiger partial charge in [-0.05, 0) is 41.5 Å². The van der Waals surface area contributed by atoms with Gasteiger partial charge in [0.05, 0.1) is 19.3 Å². The van der Waals surface area contributed by atoms with Crippen molar-refractivity contribution in [2.24, 2.45) is 5.92 Å². The normalized spacial score (nSPS) is 18.9. The summed E-state index contributed by atoms with van der Waals surface area (Å²) in [6.45, 7) is 1.22. The SMILES string of the molecule is COc1ccccc1[C@H]1CN(C(=O)c2ccco2)C[C@@H]1C(=O)NCc1ccc2c(c1)OCO2. The van der Waals surface area contributed by atoms with Gasteiger partial charge in [0.1, 0.15) is 5.75 Å². The van der Waals surface area contributed by atoms with Gasteiger partial charge in [0, 0.05) is 25.6 Å². The van der Waals surface area contributed by atoms with Gasteiger partial charge in [-0.15, -0.1) is 0 Å². The van der Waals surface area contributed by atoms with Gasteiger partial charge in [0.2, 0.25) is 12.7 Å². The van der Waals surface area contributed by atoms with E-state index in [4.69, 9.17) is 18.6 Å². The van der Waals surface area contributed by atoms with Gasteiger partial charge >= 0.3 is 0 Å². The van der Waals surface area contributed by atoms with Crippen molar-refractivity contribution in [3.05, 3.63) is 77.7 Å². The van der Waals surface area contributed by atoms with E-state index in [2.05, 4.69) is 5.32 Å². The van der Waals surface area contributed by atoms with E-state index in [0.29, 0.717) is 30.3 Å². The molecule has 2 atom stereocenters. The second-order valence-corrected chi connectivity index (χ2v) is 8.05. The van der Waals surface area contributed by atoms with E-state index in [-0.39, 0.29) is 36.8 Å². The largest absolute Gasteiger partial charge is 0.496 e. The summed E-state index contributed by atoms with van der Waals surface area (Å²) in [5.41, 5.74) is 1.81. The maximum absolute atomic E-state index is 13.3. The first-order valence-corrected chi connectivity index (χ1v) is 10.8. The number of nitrogens with zero attached hydrogens (tertiary/aromatic N) is 1. The Bertz CT molecular complexity index is 1160. The average Bonchev–Trinajstić information content (AvgIpc) is 3.62. The van der Waals surface area contributed by atoms with Crippen LogP contribution in [0.15, 0.2) is 65.3 Å². The summed E-state index contributed by atoms with van der Waals surface area (Å²) >= 11 is 0. The third-order valence-corrected chi connectivity index (χ3v) is 6.12. The molecule has 2 aliphatic heterocycles. The van der Waals surface area contributed by atoms with Gasteiger partial charge in [0.15, 0.2) is 17.3 Å². The van der Waals surface area contributed by atoms with Gasteiger partial charge in [-0.3, -0.25) is 9.59 Å². The molecule has 1 aromatic heterocycles. The number of carbonyl (C=O) groups is 2. The number of hydrogen-bond acceptors (Lipinski definition) is 6. The van der Waals surface area contributed by atoms with Crippen molar-refractivity contribution in [1.29, 1.82) is 0 Å². The molecule has 33 heavy (non-hydrogen) atoms. The Hall–Kier alpha value is -3.94. The second-order valence-electron chi connectivity index (χ2n) is 8.05. The Morgan fingerprint density at radius 2 is 1.91 bits per heavy atom. The minimum absolute atomic E-state index is 0.127. The number of hydrogen-bond donors (Lipinski definition) is 1. The van der Waals surface area contributed by atoms with Crippen molar-refractivity contribution < 1.29 is 28.2 Å². The smallest absolute Gasteiger partial charge is 0.289 e. The van der Waals surface area contributed by atoms with Crippen molar-refractivity contribution in [1.82, 2.24) is 10.2 Å². The minimum Gasteiger partial charge on any atom is -0.496 e. The van der Waals surface area contributed by atoms with Crippen molar-refractivity contribution >= 4 is 11.8 Å². The van der Waals surface area contributed by atoms with E-state index in [0.717, 1.165) is 11.1 Å². The summed E-state index contributed by atoms with van der Waals surface area (Å²) in [4.78, 5) is 27.9. The number of para-hydroxylation sites is 1. The van der Waals surface area contributed by atoms with Crippen molar-refractivity contribution in [3.63, 3.8) is 0 Å². The number of ether oxygens (including phenoxy) is 3. The zero-order valence-corrected chi connectivity index (χ0v) is 18.2. The first kappa shape index (κ1) is 20.9. The lowest BCUT2D eigenvalue weighted by Gasteiger charge is -2.20. The minimum atomic E-state index is -0.436. The molecule has 3 aromatic rings. The van der Waals surface area contributed by atoms with Crippen LogP contribution in [0.4, 0.5) is 0 Å². The van der Waals surface area contributed by atoms with Gasteiger partial charge in [-0.25, -0.2) is 0 Å². The number of likely N-dealkylation sites (tertiary alicyclic amines) is 1. The van der Waals surface area contributed by atoms with E-state index in [1.54, 1.807) is 24.1 Å². The summed E-state index contributed by atoms with van der Waals surface area (Å²) < 4.78 is 21.6. The van der Waals surface area contributed by atoms with Crippen LogP contribution in [0.25, 0.3) is 0 Å². The summed E-state index contributed by atoms with van der Waals surface area (Å²) in [5, 5.41) is 3.03. The molecular weight excluding hydrogens is 424 g/mol. The summed E-state index contributed by atoms with van der Waals surface area (Å²) in [7, 11) is 1.61. The number of fused-ring (bicyclic) bond motifs is 1. The van der Waals surface area contributed by atoms with Crippen LogP contribution in [-0.2, 0) is 11.3 Å². The number of benzene rings is 2. The molecule has 2 amide bonds. The topological polar surface area (TPSA) is 90.2 Å². The Balaban J connectivity index is 1.36. The maximum Gasteiger partial charge on any atom is 0.289 e. The predicted molar refractivity (Wildman–Crippen MR) is 118 cm³/mol. The van der Waals surface area contributed by atoms with Gasteiger partial charge in [-0.2, -0.15) is 0 Å². The number of nitrogens with one attached hydrogen (secondary N) is 1. The van der Waals surface area contributed by atoms with Gasteiger partial charge in [0.25, 0.3) is 5.91 Å². The van der Waals surface area contributed by atoms with Crippen LogP contribution in [0.3, 0.4) is 0 Å². The van der Waals surface area contributed by atoms with Gasteiger partial charge in [-0.1, -0.05) is 24.3 Å².